The van der Waals surface area contributed by atoms with Gasteiger partial charge in [0.05, 0.1) is 5.92 Å². The van der Waals surface area contributed by atoms with Gasteiger partial charge in [0, 0.05) is 11.5 Å². The summed E-state index contributed by atoms with van der Waals surface area (Å²) in [6.45, 7) is 4.12. The molecule has 2 rings (SSSR count). The van der Waals surface area contributed by atoms with Crippen molar-refractivity contribution in [3.8, 4) is 0 Å². The quantitative estimate of drug-likeness (QED) is 0.430. The van der Waals surface area contributed by atoms with Crippen molar-refractivity contribution in [2.45, 2.75) is 30.5 Å². The summed E-state index contributed by atoms with van der Waals surface area (Å²) in [4.78, 5) is 12.2. The second-order valence-electron chi connectivity index (χ2n) is 6.67. The van der Waals surface area contributed by atoms with E-state index < -0.39 is 3.79 Å². The van der Waals surface area contributed by atoms with Gasteiger partial charge in [0.15, 0.2) is 3.79 Å². The minimum atomic E-state index is -1.35. The lowest BCUT2D eigenvalue weighted by atomic mass is 10.1. The van der Waals surface area contributed by atoms with Gasteiger partial charge in [0.2, 0.25) is 0 Å². The van der Waals surface area contributed by atoms with Gasteiger partial charge >= 0.3 is 5.97 Å². The van der Waals surface area contributed by atoms with Crippen molar-refractivity contribution in [2.24, 2.45) is 17.3 Å². The zero-order chi connectivity index (χ0) is 18.0. The molecule has 0 amide bonds. The van der Waals surface area contributed by atoms with E-state index in [1.54, 1.807) is 6.08 Å². The van der Waals surface area contributed by atoms with Crippen LogP contribution >= 0.6 is 46.4 Å². The zero-order valence-corrected chi connectivity index (χ0v) is 16.6. The summed E-state index contributed by atoms with van der Waals surface area (Å²) in [5.74, 6) is -0.490. The van der Waals surface area contributed by atoms with E-state index in [9.17, 15) is 4.79 Å². The summed E-state index contributed by atoms with van der Waals surface area (Å²) in [7, 11) is 0. The molecule has 1 fully saturated rings. The molecule has 2 atom stereocenters. The van der Waals surface area contributed by atoms with Crippen molar-refractivity contribution in [1.82, 2.24) is 0 Å². The lowest BCUT2D eigenvalue weighted by molar-refractivity contribution is -0.145. The molecule has 0 heterocycles. The highest BCUT2D eigenvalue weighted by molar-refractivity contribution is 6.67. The van der Waals surface area contributed by atoms with Crippen molar-refractivity contribution in [3.63, 3.8) is 0 Å². The van der Waals surface area contributed by atoms with Crippen LogP contribution in [0.25, 0.3) is 0 Å². The van der Waals surface area contributed by atoms with Gasteiger partial charge in [0.25, 0.3) is 0 Å². The third kappa shape index (κ3) is 5.56. The molecule has 0 aliphatic heterocycles. The average Bonchev–Trinajstić information content (AvgIpc) is 2.98. The summed E-state index contributed by atoms with van der Waals surface area (Å²) in [5, 5.41) is 0.641. The van der Waals surface area contributed by atoms with Gasteiger partial charge in [-0.2, -0.15) is 0 Å². The normalized spacial score (nSPS) is 23.0. The van der Waals surface area contributed by atoms with E-state index in [2.05, 4.69) is 0 Å². The Labute approximate surface area is 163 Å². The molecule has 0 radical (unpaired) electrons. The molecule has 0 aromatic heterocycles. The van der Waals surface area contributed by atoms with Gasteiger partial charge in [-0.3, -0.25) is 4.79 Å². The molecule has 24 heavy (non-hydrogen) atoms. The minimum Gasteiger partial charge on any atom is -0.461 e. The Morgan fingerprint density at radius 2 is 1.88 bits per heavy atom. The fourth-order valence-corrected chi connectivity index (χ4v) is 3.73. The maximum Gasteiger partial charge on any atom is 0.310 e. The minimum absolute atomic E-state index is 0.0151. The van der Waals surface area contributed by atoms with Gasteiger partial charge in [-0.05, 0) is 29.4 Å². The monoisotopic (exact) mass is 408 g/mol. The van der Waals surface area contributed by atoms with Gasteiger partial charge in [-0.25, -0.2) is 0 Å². The van der Waals surface area contributed by atoms with E-state index in [4.69, 9.17) is 51.1 Å². The number of carbonyl (C=O) groups excluding carboxylic acids is 1. The van der Waals surface area contributed by atoms with E-state index in [0.717, 1.165) is 5.56 Å². The molecule has 1 saturated carbocycles. The molecule has 1 aliphatic carbocycles. The van der Waals surface area contributed by atoms with Crippen molar-refractivity contribution in [1.29, 1.82) is 0 Å². The number of halogens is 4. The van der Waals surface area contributed by atoms with Crippen LogP contribution in [0.15, 0.2) is 41.4 Å². The van der Waals surface area contributed by atoms with Crippen LogP contribution in [-0.4, -0.2) is 16.4 Å². The summed E-state index contributed by atoms with van der Waals surface area (Å²) in [6.07, 6.45) is 2.67. The molecule has 1 aromatic carbocycles. The SMILES string of the molecule is CC1(C)C(CC(Cl)(Cl)Cl)C1C(=O)OC/C=C(\Cl)Cc1ccccc1. The Bertz CT molecular complexity index is 605. The lowest BCUT2D eigenvalue weighted by Gasteiger charge is -2.10. The van der Waals surface area contributed by atoms with Crippen molar-refractivity contribution < 1.29 is 9.53 Å². The maximum absolute atomic E-state index is 12.2. The highest BCUT2D eigenvalue weighted by Gasteiger charge is 2.63. The van der Waals surface area contributed by atoms with E-state index in [1.165, 1.54) is 0 Å². The van der Waals surface area contributed by atoms with Crippen LogP contribution in [0.4, 0.5) is 0 Å². The van der Waals surface area contributed by atoms with Gasteiger partial charge in [-0.1, -0.05) is 90.6 Å². The molecule has 0 N–H and O–H groups in total. The second kappa shape index (κ2) is 7.86. The number of carbonyl (C=O) groups is 1. The van der Waals surface area contributed by atoms with Crippen molar-refractivity contribution >= 4 is 52.4 Å². The van der Waals surface area contributed by atoms with Crippen LogP contribution < -0.4 is 0 Å². The first kappa shape index (κ1) is 19.9. The molecule has 2 nitrogen and oxygen atoms in total. The molecule has 1 aliphatic rings. The molecule has 1 aromatic rings. The van der Waals surface area contributed by atoms with E-state index in [1.807, 2.05) is 44.2 Å². The molecule has 2 unspecified atom stereocenters. The number of hydrogen-bond donors (Lipinski definition) is 0. The van der Waals surface area contributed by atoms with Crippen LogP contribution in [0.3, 0.4) is 0 Å². The summed E-state index contributed by atoms with van der Waals surface area (Å²) >= 11 is 23.7. The van der Waals surface area contributed by atoms with Gasteiger partial charge < -0.3 is 4.74 Å². The van der Waals surface area contributed by atoms with E-state index >= 15 is 0 Å². The first-order valence-electron chi connectivity index (χ1n) is 7.73. The maximum atomic E-state index is 12.2. The number of benzene rings is 1. The summed E-state index contributed by atoms with van der Waals surface area (Å²) in [5.41, 5.74) is 0.898. The average molecular weight is 410 g/mol. The summed E-state index contributed by atoms with van der Waals surface area (Å²) < 4.78 is 3.97. The largest absolute Gasteiger partial charge is 0.461 e. The fraction of sp³-hybridized carbons (Fsp3) is 0.500. The Hall–Kier alpha value is -0.410. The Balaban J connectivity index is 1.82. The van der Waals surface area contributed by atoms with E-state index in [0.29, 0.717) is 17.9 Å². The van der Waals surface area contributed by atoms with Crippen LogP contribution in [0.1, 0.15) is 25.8 Å². The Kier molecular flexibility index (Phi) is 6.52. The molecule has 132 valence electrons. The predicted molar refractivity (Wildman–Crippen MR) is 101 cm³/mol. The number of alkyl halides is 3. The first-order valence-corrected chi connectivity index (χ1v) is 9.24. The van der Waals surface area contributed by atoms with E-state index in [-0.39, 0.29) is 29.8 Å². The number of allylic oxidation sites excluding steroid dienone is 1. The molecular formula is C18H20Cl4O2. The van der Waals surface area contributed by atoms with Gasteiger partial charge in [-0.15, -0.1) is 0 Å². The molecule has 0 saturated heterocycles. The molecular weight excluding hydrogens is 390 g/mol. The summed E-state index contributed by atoms with van der Waals surface area (Å²) in [6, 6.07) is 9.86. The first-order chi connectivity index (χ1) is 11.1. The van der Waals surface area contributed by atoms with Crippen molar-refractivity contribution in [2.75, 3.05) is 6.61 Å². The molecule has 0 bridgehead atoms. The highest BCUT2D eigenvalue weighted by atomic mass is 35.6. The zero-order valence-electron chi connectivity index (χ0n) is 13.6. The topological polar surface area (TPSA) is 26.3 Å². The van der Waals surface area contributed by atoms with Crippen molar-refractivity contribution in [3.05, 3.63) is 47.0 Å². The predicted octanol–water partition coefficient (Wildman–Crippen LogP) is 5.93. The number of hydrogen-bond acceptors (Lipinski definition) is 2. The standard InChI is InChI=1S/C18H20Cl4O2/c1-17(2)14(11-18(20,21)22)15(17)16(23)24-9-8-13(19)10-12-6-4-3-5-7-12/h3-8,14-15H,9-11H2,1-2H3/b13-8-. The Morgan fingerprint density at radius 3 is 2.46 bits per heavy atom. The number of ether oxygens (including phenoxy) is 1. The molecule has 0 spiro atoms. The third-order valence-corrected chi connectivity index (χ3v) is 5.25. The second-order valence-corrected chi connectivity index (χ2v) is 9.67. The number of esters is 1. The highest BCUT2D eigenvalue weighted by Crippen LogP contribution is 2.63. The van der Waals surface area contributed by atoms with Crippen LogP contribution in [0.2, 0.25) is 0 Å². The van der Waals surface area contributed by atoms with Crippen LogP contribution in [0, 0.1) is 17.3 Å². The Morgan fingerprint density at radius 1 is 1.25 bits per heavy atom. The van der Waals surface area contributed by atoms with Crippen LogP contribution in [-0.2, 0) is 16.0 Å². The smallest absolute Gasteiger partial charge is 0.310 e. The number of rotatable bonds is 6. The third-order valence-electron chi connectivity index (χ3n) is 4.50. The van der Waals surface area contributed by atoms with Gasteiger partial charge in [0.1, 0.15) is 6.61 Å². The van der Waals surface area contributed by atoms with Crippen LogP contribution in [0.5, 0.6) is 0 Å². The molecule has 6 heteroatoms. The lowest BCUT2D eigenvalue weighted by Crippen LogP contribution is -2.12. The fourth-order valence-electron chi connectivity index (χ4n) is 3.01.